The van der Waals surface area contributed by atoms with E-state index in [1.165, 1.54) is 0 Å². The Labute approximate surface area is 172 Å². The molecule has 1 aliphatic carbocycles. The second kappa shape index (κ2) is 8.65. The van der Waals surface area contributed by atoms with Crippen LogP contribution in [-0.4, -0.2) is 77.0 Å². The summed E-state index contributed by atoms with van der Waals surface area (Å²) in [5.74, 6) is 1.38. The predicted octanol–water partition coefficient (Wildman–Crippen LogP) is 1.53. The van der Waals surface area contributed by atoms with Gasteiger partial charge in [0.15, 0.2) is 0 Å². The van der Waals surface area contributed by atoms with E-state index in [4.69, 9.17) is 0 Å². The van der Waals surface area contributed by atoms with Crippen molar-refractivity contribution in [3.63, 3.8) is 0 Å². The average molecular weight is 404 g/mol. The molecule has 1 atom stereocenters. The van der Waals surface area contributed by atoms with Crippen LogP contribution in [0.2, 0.25) is 0 Å². The number of likely N-dealkylation sites (tertiary alicyclic amines) is 1. The van der Waals surface area contributed by atoms with Crippen molar-refractivity contribution in [2.45, 2.75) is 63.0 Å². The van der Waals surface area contributed by atoms with E-state index in [0.29, 0.717) is 31.6 Å². The Hall–Kier alpha value is -2.22. The molecule has 2 heterocycles. The summed E-state index contributed by atoms with van der Waals surface area (Å²) in [4.78, 5) is 39.2. The smallest absolute Gasteiger partial charge is 0.225 e. The van der Waals surface area contributed by atoms with Crippen LogP contribution in [-0.2, 0) is 16.1 Å². The quantitative estimate of drug-likeness (QED) is 0.775. The highest BCUT2D eigenvalue weighted by Gasteiger charge is 2.33. The lowest BCUT2D eigenvalue weighted by Gasteiger charge is -2.32. The molecule has 2 amide bonds. The molecule has 8 heteroatoms. The fraction of sp³-hybridized carbons (Fsp3) is 0.714. The number of aliphatic hydroxyl groups is 1. The predicted molar refractivity (Wildman–Crippen MR) is 110 cm³/mol. The maximum atomic E-state index is 12.7. The van der Waals surface area contributed by atoms with Crippen molar-refractivity contribution in [1.29, 1.82) is 0 Å². The van der Waals surface area contributed by atoms with Crippen LogP contribution in [0.15, 0.2) is 6.07 Å². The van der Waals surface area contributed by atoms with E-state index in [0.717, 1.165) is 30.8 Å². The normalized spacial score (nSPS) is 21.3. The summed E-state index contributed by atoms with van der Waals surface area (Å²) in [6.45, 7) is 0.921. The summed E-state index contributed by atoms with van der Waals surface area (Å²) in [5, 5.41) is 10.7. The van der Waals surface area contributed by atoms with Gasteiger partial charge < -0.3 is 19.8 Å². The highest BCUT2D eigenvalue weighted by molar-refractivity contribution is 5.79. The average Bonchev–Trinajstić information content (AvgIpc) is 3.00. The number of anilines is 1. The van der Waals surface area contributed by atoms with E-state index < -0.39 is 5.60 Å². The summed E-state index contributed by atoms with van der Waals surface area (Å²) in [5.41, 5.74) is -0.0428. The second-order valence-electron chi connectivity index (χ2n) is 8.85. The zero-order chi connectivity index (χ0) is 21.2. The number of likely N-dealkylation sites (N-methyl/N-ethyl adjacent to an activating group) is 1. The van der Waals surface area contributed by atoms with Gasteiger partial charge in [0, 0.05) is 53.1 Å². The molecule has 1 saturated carbocycles. The summed E-state index contributed by atoms with van der Waals surface area (Å²) in [6.07, 6.45) is 5.03. The molecule has 1 N–H and O–H groups in total. The molecule has 1 aliphatic heterocycles. The van der Waals surface area contributed by atoms with Gasteiger partial charge in [-0.15, -0.1) is 0 Å². The van der Waals surface area contributed by atoms with Crippen molar-refractivity contribution in [2.75, 3.05) is 39.6 Å². The first kappa shape index (κ1) is 21.5. The van der Waals surface area contributed by atoms with Gasteiger partial charge in [-0.05, 0) is 12.8 Å². The van der Waals surface area contributed by atoms with Gasteiger partial charge in [-0.2, -0.15) is 0 Å². The number of hydrogen-bond acceptors (Lipinski definition) is 6. The highest BCUT2D eigenvalue weighted by Crippen LogP contribution is 2.31. The van der Waals surface area contributed by atoms with Crippen LogP contribution >= 0.6 is 0 Å². The largest absolute Gasteiger partial charge is 0.389 e. The lowest BCUT2D eigenvalue weighted by atomic mass is 9.82. The van der Waals surface area contributed by atoms with Crippen molar-refractivity contribution in [3.05, 3.63) is 17.6 Å². The molecule has 29 heavy (non-hydrogen) atoms. The molecular formula is C21H33N5O3. The summed E-state index contributed by atoms with van der Waals surface area (Å²) < 4.78 is 0. The van der Waals surface area contributed by atoms with E-state index >= 15 is 0 Å². The summed E-state index contributed by atoms with van der Waals surface area (Å²) >= 11 is 0. The lowest BCUT2D eigenvalue weighted by molar-refractivity contribution is -0.137. The van der Waals surface area contributed by atoms with Gasteiger partial charge in [0.05, 0.1) is 24.3 Å². The van der Waals surface area contributed by atoms with E-state index in [9.17, 15) is 14.7 Å². The Balaban J connectivity index is 1.73. The van der Waals surface area contributed by atoms with Crippen molar-refractivity contribution in [1.82, 2.24) is 19.8 Å². The Kier molecular flexibility index (Phi) is 6.41. The van der Waals surface area contributed by atoms with Crippen molar-refractivity contribution < 1.29 is 14.7 Å². The molecule has 0 spiro atoms. The monoisotopic (exact) mass is 403 g/mol. The van der Waals surface area contributed by atoms with E-state index in [1.807, 2.05) is 25.1 Å². The first-order valence-electron chi connectivity index (χ1n) is 10.4. The van der Waals surface area contributed by atoms with E-state index in [1.54, 1.807) is 23.9 Å². The molecule has 2 aliphatic rings. The maximum Gasteiger partial charge on any atom is 0.225 e. The fourth-order valence-corrected chi connectivity index (χ4v) is 4.18. The number of rotatable bonds is 6. The SMILES string of the molecule is CN(Cc1nc([C@@H]2CC(=O)N(C)C2)cc(N(C)C)n1)C(=O)CC1(O)CCCCC1. The summed E-state index contributed by atoms with van der Waals surface area (Å²) in [7, 11) is 7.36. The van der Waals surface area contributed by atoms with Gasteiger partial charge in [-0.25, -0.2) is 9.97 Å². The third kappa shape index (κ3) is 5.23. The van der Waals surface area contributed by atoms with Crippen molar-refractivity contribution in [2.24, 2.45) is 0 Å². The minimum Gasteiger partial charge on any atom is -0.389 e. The zero-order valence-corrected chi connectivity index (χ0v) is 18.0. The van der Waals surface area contributed by atoms with Gasteiger partial charge in [-0.1, -0.05) is 19.3 Å². The first-order chi connectivity index (χ1) is 13.7. The maximum absolute atomic E-state index is 12.7. The molecule has 0 radical (unpaired) electrons. The second-order valence-corrected chi connectivity index (χ2v) is 8.85. The van der Waals surface area contributed by atoms with Gasteiger partial charge >= 0.3 is 0 Å². The Morgan fingerprint density at radius 3 is 2.52 bits per heavy atom. The molecule has 0 aromatic carbocycles. The van der Waals surface area contributed by atoms with E-state index in [-0.39, 0.29) is 30.7 Å². The molecule has 0 bridgehead atoms. The number of nitrogens with zero attached hydrogens (tertiary/aromatic N) is 5. The van der Waals surface area contributed by atoms with Gasteiger partial charge in [-0.3, -0.25) is 9.59 Å². The molecule has 160 valence electrons. The standard InChI is InChI=1S/C21H33N5O3/c1-24(2)18-11-16(15-10-19(27)25(3)13-15)22-17(23-18)14-26(4)20(28)12-21(29)8-6-5-7-9-21/h11,15,29H,5-10,12-14H2,1-4H3/t15-/m1/s1. The molecule has 8 nitrogen and oxygen atoms in total. The van der Waals surface area contributed by atoms with Crippen LogP contribution in [0.3, 0.4) is 0 Å². The molecule has 0 unspecified atom stereocenters. The first-order valence-corrected chi connectivity index (χ1v) is 10.4. The Bertz CT molecular complexity index is 761. The van der Waals surface area contributed by atoms with Crippen LogP contribution in [0.5, 0.6) is 0 Å². The summed E-state index contributed by atoms with van der Waals surface area (Å²) in [6, 6.07) is 1.92. The van der Waals surface area contributed by atoms with Crippen LogP contribution in [0, 0.1) is 0 Å². The molecule has 1 aromatic heterocycles. The Morgan fingerprint density at radius 1 is 1.24 bits per heavy atom. The van der Waals surface area contributed by atoms with Gasteiger partial charge in [0.2, 0.25) is 11.8 Å². The van der Waals surface area contributed by atoms with Crippen LogP contribution < -0.4 is 4.90 Å². The highest BCUT2D eigenvalue weighted by atomic mass is 16.3. The van der Waals surface area contributed by atoms with Crippen LogP contribution in [0.25, 0.3) is 0 Å². The number of carbonyl (C=O) groups excluding carboxylic acids is 2. The topological polar surface area (TPSA) is 89.9 Å². The van der Waals surface area contributed by atoms with E-state index in [2.05, 4.69) is 9.97 Å². The van der Waals surface area contributed by atoms with Gasteiger partial charge in [0.25, 0.3) is 0 Å². The van der Waals surface area contributed by atoms with Gasteiger partial charge in [0.1, 0.15) is 11.6 Å². The lowest BCUT2D eigenvalue weighted by Crippen LogP contribution is -2.39. The number of amides is 2. The fourth-order valence-electron chi connectivity index (χ4n) is 4.18. The molecule has 1 saturated heterocycles. The molecular weight excluding hydrogens is 370 g/mol. The molecule has 3 rings (SSSR count). The van der Waals surface area contributed by atoms with Crippen molar-refractivity contribution >= 4 is 17.6 Å². The number of carbonyl (C=O) groups is 2. The molecule has 2 fully saturated rings. The minimum absolute atomic E-state index is 0.0388. The zero-order valence-electron chi connectivity index (χ0n) is 18.0. The third-order valence-electron chi connectivity index (χ3n) is 6.07. The third-order valence-corrected chi connectivity index (χ3v) is 6.07. The Morgan fingerprint density at radius 2 is 1.93 bits per heavy atom. The van der Waals surface area contributed by atoms with Crippen LogP contribution in [0.4, 0.5) is 5.82 Å². The minimum atomic E-state index is -0.879. The van der Waals surface area contributed by atoms with Crippen molar-refractivity contribution in [3.8, 4) is 0 Å². The van der Waals surface area contributed by atoms with Crippen LogP contribution in [0.1, 0.15) is 62.4 Å². The number of aromatic nitrogens is 2. The number of hydrogen-bond donors (Lipinski definition) is 1. The molecule has 1 aromatic rings.